The van der Waals surface area contributed by atoms with Gasteiger partial charge in [-0.05, 0) is 99.9 Å². The lowest BCUT2D eigenvalue weighted by Gasteiger charge is -2.42. The molecule has 2 aromatic rings. The molecule has 0 radical (unpaired) electrons. The second-order valence-electron chi connectivity index (χ2n) is 10.8. The summed E-state index contributed by atoms with van der Waals surface area (Å²) in [5.74, 6) is -3.60. The standard InChI is InChI=1S/C31H24Br2ClNO6/c1-12-4-5-14(9-20(12)34)35-30(39)16-7-6-15-17(24(16)31(35)40)10-18-21(36)8-13(2)28(37)25(18)23(15)19-11-22(41-3)29(38)27(33)26(19)32/h4-6,8-9,11,16-17,23-24,38H,7,10H2,1-3H3. The van der Waals surface area contributed by atoms with Crippen LogP contribution < -0.4 is 9.64 Å². The highest BCUT2D eigenvalue weighted by molar-refractivity contribution is 9.13. The van der Waals surface area contributed by atoms with Gasteiger partial charge in [0.25, 0.3) is 0 Å². The van der Waals surface area contributed by atoms with Gasteiger partial charge in [-0.3, -0.25) is 19.2 Å². The topological polar surface area (TPSA) is 101 Å². The zero-order chi connectivity index (χ0) is 29.5. The van der Waals surface area contributed by atoms with Crippen molar-refractivity contribution >= 4 is 72.5 Å². The number of carbonyl (C=O) groups is 4. The number of hydrogen-bond acceptors (Lipinski definition) is 6. The monoisotopic (exact) mass is 699 g/mol. The number of nitrogens with zero attached hydrogens (tertiary/aromatic N) is 1. The number of methoxy groups -OCH3 is 1. The number of aryl methyl sites for hydroxylation is 1. The minimum atomic E-state index is -0.713. The van der Waals surface area contributed by atoms with Crippen molar-refractivity contribution in [1.29, 1.82) is 0 Å². The molecule has 4 aliphatic rings. The van der Waals surface area contributed by atoms with E-state index in [-0.39, 0.29) is 41.3 Å². The number of ether oxygens (including phenoxy) is 1. The second-order valence-corrected chi connectivity index (χ2v) is 12.8. The van der Waals surface area contributed by atoms with Gasteiger partial charge in [-0.2, -0.15) is 0 Å². The van der Waals surface area contributed by atoms with Gasteiger partial charge in [0.2, 0.25) is 11.8 Å². The molecule has 0 aromatic heterocycles. The number of ketones is 2. The number of phenols is 1. The molecule has 10 heteroatoms. The summed E-state index contributed by atoms with van der Waals surface area (Å²) < 4.78 is 6.25. The van der Waals surface area contributed by atoms with Crippen LogP contribution in [-0.4, -0.2) is 35.6 Å². The molecule has 4 unspecified atom stereocenters. The number of Topliss-reactive ketones (excluding diaryl/α,β-unsaturated/α-hetero) is 1. The molecule has 1 saturated heterocycles. The van der Waals surface area contributed by atoms with Gasteiger partial charge in [0.1, 0.15) is 0 Å². The summed E-state index contributed by atoms with van der Waals surface area (Å²) in [6, 6.07) is 6.74. The first-order valence-corrected chi connectivity index (χ1v) is 15.0. The zero-order valence-electron chi connectivity index (χ0n) is 22.3. The molecule has 3 aliphatic carbocycles. The highest BCUT2D eigenvalue weighted by Crippen LogP contribution is 2.57. The third-order valence-corrected chi connectivity index (χ3v) is 11.2. The Morgan fingerprint density at radius 1 is 1.02 bits per heavy atom. The summed E-state index contributed by atoms with van der Waals surface area (Å²) in [7, 11) is 1.43. The number of fused-ring (bicyclic) bond motifs is 3. The highest BCUT2D eigenvalue weighted by Gasteiger charge is 2.57. The van der Waals surface area contributed by atoms with Crippen LogP contribution in [0, 0.1) is 24.7 Å². The maximum absolute atomic E-state index is 14.1. The van der Waals surface area contributed by atoms with E-state index < -0.39 is 23.7 Å². The van der Waals surface area contributed by atoms with Crippen LogP contribution in [0.25, 0.3) is 0 Å². The van der Waals surface area contributed by atoms with Crippen LogP contribution >= 0.6 is 43.5 Å². The molecule has 6 rings (SSSR count). The molecule has 1 heterocycles. The summed E-state index contributed by atoms with van der Waals surface area (Å²) in [6.07, 6.45) is 3.77. The molecule has 1 aliphatic heterocycles. The normalized spacial score (nSPS) is 25.6. The first kappa shape index (κ1) is 28.1. The van der Waals surface area contributed by atoms with E-state index in [9.17, 15) is 24.3 Å². The molecule has 2 amide bonds. The van der Waals surface area contributed by atoms with Crippen LogP contribution in [0.1, 0.15) is 36.8 Å². The number of imide groups is 1. The van der Waals surface area contributed by atoms with E-state index in [0.29, 0.717) is 48.4 Å². The molecule has 0 spiro atoms. The van der Waals surface area contributed by atoms with Gasteiger partial charge in [-0.15, -0.1) is 0 Å². The molecule has 0 bridgehead atoms. The van der Waals surface area contributed by atoms with E-state index in [1.165, 1.54) is 18.1 Å². The van der Waals surface area contributed by atoms with Crippen LogP contribution in [0.15, 0.2) is 67.7 Å². The average Bonchev–Trinajstić information content (AvgIpc) is 3.21. The zero-order valence-corrected chi connectivity index (χ0v) is 26.2. The fourth-order valence-corrected chi connectivity index (χ4v) is 7.80. The number of aromatic hydroxyl groups is 1. The first-order valence-electron chi connectivity index (χ1n) is 13.0. The Labute approximate surface area is 258 Å². The first-order chi connectivity index (χ1) is 19.5. The molecule has 41 heavy (non-hydrogen) atoms. The number of rotatable bonds is 3. The van der Waals surface area contributed by atoms with Crippen molar-refractivity contribution in [2.75, 3.05) is 12.0 Å². The smallest absolute Gasteiger partial charge is 0.238 e. The van der Waals surface area contributed by atoms with E-state index in [0.717, 1.165) is 11.1 Å². The number of allylic oxidation sites excluding steroid dienone is 6. The molecule has 1 N–H and O–H groups in total. The molecular formula is C31H24Br2ClNO6. The minimum absolute atomic E-state index is 0.117. The molecule has 1 fully saturated rings. The fourth-order valence-electron chi connectivity index (χ4n) is 6.67. The summed E-state index contributed by atoms with van der Waals surface area (Å²) in [5.41, 5.74) is 3.68. The van der Waals surface area contributed by atoms with Crippen LogP contribution in [0.2, 0.25) is 5.02 Å². The van der Waals surface area contributed by atoms with Crippen molar-refractivity contribution in [1.82, 2.24) is 0 Å². The molecule has 0 saturated carbocycles. The van der Waals surface area contributed by atoms with Gasteiger partial charge in [0.15, 0.2) is 23.1 Å². The van der Waals surface area contributed by atoms with Crippen molar-refractivity contribution in [2.24, 2.45) is 17.8 Å². The highest BCUT2D eigenvalue weighted by atomic mass is 79.9. The Balaban J connectivity index is 1.53. The summed E-state index contributed by atoms with van der Waals surface area (Å²) in [6.45, 7) is 3.46. The number of phenolic OH excluding ortho intramolecular Hbond substituents is 1. The van der Waals surface area contributed by atoms with E-state index in [2.05, 4.69) is 31.9 Å². The Morgan fingerprint density at radius 2 is 1.76 bits per heavy atom. The fraction of sp³-hybridized carbons (Fsp3) is 0.290. The predicted molar refractivity (Wildman–Crippen MR) is 160 cm³/mol. The van der Waals surface area contributed by atoms with Gasteiger partial charge in [0.05, 0.1) is 29.1 Å². The van der Waals surface area contributed by atoms with Crippen molar-refractivity contribution in [3.05, 3.63) is 83.8 Å². The summed E-state index contributed by atoms with van der Waals surface area (Å²) in [4.78, 5) is 56.0. The second kappa shape index (κ2) is 10.1. The third kappa shape index (κ3) is 4.11. The Morgan fingerprint density at radius 3 is 2.44 bits per heavy atom. The molecule has 210 valence electrons. The lowest BCUT2D eigenvalue weighted by molar-refractivity contribution is -0.123. The van der Waals surface area contributed by atoms with E-state index in [1.807, 2.05) is 13.0 Å². The Bertz CT molecular complexity index is 1710. The average molecular weight is 702 g/mol. The maximum Gasteiger partial charge on any atom is 0.238 e. The van der Waals surface area contributed by atoms with Crippen LogP contribution in [0.4, 0.5) is 5.69 Å². The lowest BCUT2D eigenvalue weighted by atomic mass is 9.59. The Hall–Kier alpha value is -3.01. The van der Waals surface area contributed by atoms with Crippen LogP contribution in [-0.2, 0) is 19.2 Å². The summed E-state index contributed by atoms with van der Waals surface area (Å²) >= 11 is 13.3. The number of halogens is 3. The van der Waals surface area contributed by atoms with Crippen LogP contribution in [0.3, 0.4) is 0 Å². The lowest BCUT2D eigenvalue weighted by Crippen LogP contribution is -2.40. The Kier molecular flexibility index (Phi) is 6.91. The number of carbonyl (C=O) groups excluding carboxylic acids is 4. The van der Waals surface area contributed by atoms with E-state index >= 15 is 0 Å². The predicted octanol–water partition coefficient (Wildman–Crippen LogP) is 6.52. The number of benzene rings is 2. The third-order valence-electron chi connectivity index (χ3n) is 8.68. The van der Waals surface area contributed by atoms with Crippen molar-refractivity contribution in [3.63, 3.8) is 0 Å². The van der Waals surface area contributed by atoms with Gasteiger partial charge in [0, 0.05) is 32.1 Å². The molecule has 4 atom stereocenters. The van der Waals surface area contributed by atoms with Crippen LogP contribution in [0.5, 0.6) is 11.5 Å². The van der Waals surface area contributed by atoms with Crippen molar-refractivity contribution in [2.45, 2.75) is 32.6 Å². The van der Waals surface area contributed by atoms with Crippen molar-refractivity contribution in [3.8, 4) is 11.5 Å². The van der Waals surface area contributed by atoms with E-state index in [1.54, 1.807) is 31.2 Å². The summed E-state index contributed by atoms with van der Waals surface area (Å²) in [5, 5.41) is 11.1. The number of anilines is 1. The van der Waals surface area contributed by atoms with Gasteiger partial charge in [-0.25, -0.2) is 4.90 Å². The van der Waals surface area contributed by atoms with E-state index in [4.69, 9.17) is 16.3 Å². The SMILES string of the molecule is COc1cc(C2C3=CCC4C(=O)N(c5ccc(C)c(Cl)c5)C(=O)C4C3CC3=C2C(=O)C(C)=CC3=O)c(Br)c(Br)c1O. The minimum Gasteiger partial charge on any atom is -0.503 e. The molecule has 7 nitrogen and oxygen atoms in total. The maximum atomic E-state index is 14.1. The van der Waals surface area contributed by atoms with Gasteiger partial charge < -0.3 is 9.84 Å². The molecular weight excluding hydrogens is 678 g/mol. The number of amides is 2. The largest absolute Gasteiger partial charge is 0.503 e. The van der Waals surface area contributed by atoms with Crippen molar-refractivity contribution < 1.29 is 29.0 Å². The quantitative estimate of drug-likeness (QED) is 0.222. The molecule has 2 aromatic carbocycles. The van der Waals surface area contributed by atoms with Gasteiger partial charge in [-0.1, -0.05) is 29.3 Å². The number of hydrogen-bond donors (Lipinski definition) is 1. The van der Waals surface area contributed by atoms with Gasteiger partial charge >= 0.3 is 0 Å².